The molecule has 0 spiro atoms. The Kier molecular flexibility index (Phi) is 4.75. The minimum absolute atomic E-state index is 0.170. The van der Waals surface area contributed by atoms with Crippen LogP contribution in [-0.2, 0) is 6.54 Å². The van der Waals surface area contributed by atoms with Crippen LogP contribution in [0.25, 0.3) is 16.5 Å². The first-order chi connectivity index (χ1) is 14.6. The number of rotatable bonds is 4. The van der Waals surface area contributed by atoms with Crippen LogP contribution in [0.15, 0.2) is 28.1 Å². The summed E-state index contributed by atoms with van der Waals surface area (Å²) >= 11 is 1.57. The van der Waals surface area contributed by atoms with Gasteiger partial charge in [0.05, 0.1) is 11.4 Å². The zero-order chi connectivity index (χ0) is 20.7. The van der Waals surface area contributed by atoms with Crippen molar-refractivity contribution < 1.29 is 9.32 Å². The predicted octanol–water partition coefficient (Wildman–Crippen LogP) is 1.81. The maximum atomic E-state index is 12.9. The molecular formula is C19H20N8O2S. The van der Waals surface area contributed by atoms with E-state index in [0.717, 1.165) is 29.4 Å². The molecule has 0 saturated carbocycles. The van der Waals surface area contributed by atoms with Gasteiger partial charge in [-0.25, -0.2) is 9.50 Å². The molecule has 1 aliphatic rings. The van der Waals surface area contributed by atoms with Crippen molar-refractivity contribution in [3.05, 3.63) is 46.6 Å². The zero-order valence-electron chi connectivity index (χ0n) is 16.6. The number of nitrogens with zero attached hydrogens (tertiary/aromatic N) is 8. The summed E-state index contributed by atoms with van der Waals surface area (Å²) in [7, 11) is 0. The number of aromatic nitrogens is 6. The van der Waals surface area contributed by atoms with E-state index < -0.39 is 0 Å². The minimum Gasteiger partial charge on any atom is -0.333 e. The van der Waals surface area contributed by atoms with Crippen molar-refractivity contribution >= 4 is 23.0 Å². The molecule has 0 aromatic carbocycles. The lowest BCUT2D eigenvalue weighted by molar-refractivity contribution is 0.0612. The van der Waals surface area contributed by atoms with Gasteiger partial charge in [0.15, 0.2) is 5.82 Å². The molecule has 4 aromatic heterocycles. The van der Waals surface area contributed by atoms with Crippen LogP contribution in [0, 0.1) is 13.8 Å². The van der Waals surface area contributed by atoms with Crippen molar-refractivity contribution in [1.82, 2.24) is 39.5 Å². The topological polar surface area (TPSA) is 106 Å². The zero-order valence-corrected chi connectivity index (χ0v) is 17.5. The number of hydrogen-bond acceptors (Lipinski definition) is 9. The molecule has 0 radical (unpaired) electrons. The molecular weight excluding hydrogens is 404 g/mol. The van der Waals surface area contributed by atoms with Crippen LogP contribution in [0.3, 0.4) is 0 Å². The second-order valence-electron chi connectivity index (χ2n) is 7.25. The summed E-state index contributed by atoms with van der Waals surface area (Å²) in [6.07, 6.45) is 0. The standard InChI is InChI=1S/C19H20N8O2S/c1-12-10-13(2)27-19(20-12)22-16(23-27)18(28)26-7-5-25(6-8-26)11-15-21-17(29-24-15)14-4-3-9-30-14/h3-4,9-10H,5-8,11H2,1-2H3. The van der Waals surface area contributed by atoms with Gasteiger partial charge in [0, 0.05) is 37.6 Å². The van der Waals surface area contributed by atoms with Gasteiger partial charge in [-0.05, 0) is 31.4 Å². The molecule has 154 valence electrons. The van der Waals surface area contributed by atoms with E-state index >= 15 is 0 Å². The maximum absolute atomic E-state index is 12.9. The van der Waals surface area contributed by atoms with Crippen molar-refractivity contribution in [2.45, 2.75) is 20.4 Å². The van der Waals surface area contributed by atoms with Crippen molar-refractivity contribution in [2.24, 2.45) is 0 Å². The van der Waals surface area contributed by atoms with E-state index in [4.69, 9.17) is 4.52 Å². The van der Waals surface area contributed by atoms with Gasteiger partial charge in [0.25, 0.3) is 17.6 Å². The highest BCUT2D eigenvalue weighted by atomic mass is 32.1. The smallest absolute Gasteiger partial charge is 0.293 e. The molecule has 0 atom stereocenters. The molecule has 5 rings (SSSR count). The highest BCUT2D eigenvalue weighted by Crippen LogP contribution is 2.22. The van der Waals surface area contributed by atoms with E-state index in [0.29, 0.717) is 37.1 Å². The number of thiophene rings is 1. The Morgan fingerprint density at radius 1 is 1.17 bits per heavy atom. The number of hydrogen-bond donors (Lipinski definition) is 0. The Balaban J connectivity index is 1.22. The summed E-state index contributed by atoms with van der Waals surface area (Å²) in [5, 5.41) is 10.4. The largest absolute Gasteiger partial charge is 0.333 e. The molecule has 0 aliphatic carbocycles. The van der Waals surface area contributed by atoms with E-state index in [2.05, 4.69) is 30.1 Å². The van der Waals surface area contributed by atoms with Crippen molar-refractivity contribution in [3.8, 4) is 10.8 Å². The average molecular weight is 424 g/mol. The lowest BCUT2D eigenvalue weighted by Gasteiger charge is -2.33. The third-order valence-corrected chi connectivity index (χ3v) is 5.89. The first-order valence-electron chi connectivity index (χ1n) is 9.66. The lowest BCUT2D eigenvalue weighted by atomic mass is 10.3. The monoisotopic (exact) mass is 424 g/mol. The number of fused-ring (bicyclic) bond motifs is 1. The van der Waals surface area contributed by atoms with Crippen LogP contribution in [0.4, 0.5) is 0 Å². The van der Waals surface area contributed by atoms with E-state index in [9.17, 15) is 4.79 Å². The van der Waals surface area contributed by atoms with Gasteiger partial charge in [0.1, 0.15) is 0 Å². The van der Waals surface area contributed by atoms with Gasteiger partial charge in [-0.15, -0.1) is 16.4 Å². The average Bonchev–Trinajstić information content (AvgIpc) is 3.48. The Hall–Kier alpha value is -3.18. The SMILES string of the molecule is Cc1cc(C)n2nc(C(=O)N3CCN(Cc4noc(-c5cccs5)n4)CC3)nc2n1. The summed E-state index contributed by atoms with van der Waals surface area (Å²) in [5.41, 5.74) is 1.75. The third kappa shape index (κ3) is 3.57. The molecule has 1 saturated heterocycles. The van der Waals surface area contributed by atoms with Gasteiger partial charge in [-0.3, -0.25) is 9.69 Å². The normalized spacial score (nSPS) is 15.2. The van der Waals surface area contributed by atoms with Crippen LogP contribution in [-0.4, -0.2) is 71.6 Å². The Bertz CT molecular complexity index is 1190. The van der Waals surface area contributed by atoms with Crippen LogP contribution in [0.1, 0.15) is 27.8 Å². The third-order valence-electron chi connectivity index (χ3n) is 5.03. The maximum Gasteiger partial charge on any atom is 0.293 e. The fourth-order valence-corrected chi connectivity index (χ4v) is 4.17. The molecule has 4 aromatic rings. The molecule has 30 heavy (non-hydrogen) atoms. The van der Waals surface area contributed by atoms with Gasteiger partial charge >= 0.3 is 0 Å². The van der Waals surface area contributed by atoms with Crippen molar-refractivity contribution in [1.29, 1.82) is 0 Å². The molecule has 1 aliphatic heterocycles. The summed E-state index contributed by atoms with van der Waals surface area (Å²) in [5.74, 6) is 1.66. The van der Waals surface area contributed by atoms with Crippen LogP contribution < -0.4 is 0 Å². The highest BCUT2D eigenvalue weighted by molar-refractivity contribution is 7.13. The van der Waals surface area contributed by atoms with Crippen molar-refractivity contribution in [3.63, 3.8) is 0 Å². The highest BCUT2D eigenvalue weighted by Gasteiger charge is 2.26. The summed E-state index contributed by atoms with van der Waals surface area (Å²) in [6.45, 7) is 7.04. The Morgan fingerprint density at radius 2 is 2.00 bits per heavy atom. The molecule has 1 amide bonds. The number of aryl methyl sites for hydroxylation is 2. The molecule has 10 nitrogen and oxygen atoms in total. The fourth-order valence-electron chi connectivity index (χ4n) is 3.53. The van der Waals surface area contributed by atoms with E-state index in [1.54, 1.807) is 20.8 Å². The second-order valence-corrected chi connectivity index (χ2v) is 8.20. The van der Waals surface area contributed by atoms with E-state index in [1.807, 2.05) is 37.4 Å². The summed E-state index contributed by atoms with van der Waals surface area (Å²) < 4.78 is 6.96. The predicted molar refractivity (Wildman–Crippen MR) is 109 cm³/mol. The van der Waals surface area contributed by atoms with Gasteiger partial charge in [-0.2, -0.15) is 9.97 Å². The van der Waals surface area contributed by atoms with E-state index in [1.165, 1.54) is 0 Å². The van der Waals surface area contributed by atoms with Crippen molar-refractivity contribution in [2.75, 3.05) is 26.2 Å². The molecule has 0 bridgehead atoms. The molecule has 0 N–H and O–H groups in total. The molecule has 5 heterocycles. The fraction of sp³-hybridized carbons (Fsp3) is 0.368. The van der Waals surface area contributed by atoms with Gasteiger partial charge in [0.2, 0.25) is 5.82 Å². The molecule has 11 heteroatoms. The minimum atomic E-state index is -0.170. The van der Waals surface area contributed by atoms with Gasteiger partial charge < -0.3 is 9.42 Å². The molecule has 1 fully saturated rings. The van der Waals surface area contributed by atoms with Gasteiger partial charge in [-0.1, -0.05) is 11.2 Å². The lowest BCUT2D eigenvalue weighted by Crippen LogP contribution is -2.48. The summed E-state index contributed by atoms with van der Waals surface area (Å²) in [4.78, 5) is 31.0. The first kappa shape index (κ1) is 18.8. The number of carbonyl (C=O) groups excluding carboxylic acids is 1. The van der Waals surface area contributed by atoms with E-state index in [-0.39, 0.29) is 11.7 Å². The first-order valence-corrected chi connectivity index (χ1v) is 10.5. The summed E-state index contributed by atoms with van der Waals surface area (Å²) in [6, 6.07) is 5.82. The van der Waals surface area contributed by atoms with Crippen LogP contribution in [0.2, 0.25) is 0 Å². The molecule has 0 unspecified atom stereocenters. The Morgan fingerprint density at radius 3 is 2.77 bits per heavy atom. The number of carbonyl (C=O) groups is 1. The van der Waals surface area contributed by atoms with Crippen LogP contribution in [0.5, 0.6) is 0 Å². The number of amides is 1. The van der Waals surface area contributed by atoms with Crippen LogP contribution >= 0.6 is 11.3 Å². The number of piperazine rings is 1. The quantitative estimate of drug-likeness (QED) is 0.488. The Labute approximate surface area is 176 Å². The second kappa shape index (κ2) is 7.58.